The number of amides is 1. The zero-order chi connectivity index (χ0) is 34.4. The predicted molar refractivity (Wildman–Crippen MR) is 146 cm³/mol. The minimum absolute atomic E-state index is 0.00654. The van der Waals surface area contributed by atoms with Crippen LogP contribution in [-0.2, 0) is 18.3 Å². The first-order chi connectivity index (χ1) is 21.2. The molecule has 1 aliphatic carbocycles. The molecule has 0 atom stereocenters. The summed E-state index contributed by atoms with van der Waals surface area (Å²) in [6.07, 6.45) is -19.1. The Morgan fingerprint density at radius 3 is 1.98 bits per heavy atom. The summed E-state index contributed by atoms with van der Waals surface area (Å²) in [6, 6.07) is 7.65. The average molecular weight is 727 g/mol. The van der Waals surface area contributed by atoms with E-state index in [0.717, 1.165) is 23.1 Å². The molecule has 0 radical (unpaired) electrons. The monoisotopic (exact) mass is 726 g/mol. The Morgan fingerprint density at radius 1 is 0.891 bits per heavy atom. The van der Waals surface area contributed by atoms with Crippen LogP contribution in [0.1, 0.15) is 50.2 Å². The van der Waals surface area contributed by atoms with E-state index in [9.17, 15) is 53.5 Å². The highest BCUT2D eigenvalue weighted by Crippen LogP contribution is 2.54. The molecule has 244 valence electrons. The van der Waals surface area contributed by atoms with Crippen molar-refractivity contribution in [3.8, 4) is 0 Å². The van der Waals surface area contributed by atoms with Gasteiger partial charge in [-0.25, -0.2) is 13.6 Å². The van der Waals surface area contributed by atoms with Gasteiger partial charge in [-0.15, -0.1) is 0 Å². The lowest BCUT2D eigenvalue weighted by molar-refractivity contribution is -0.348. The number of halogens is 12. The number of alkyl halides is 10. The van der Waals surface area contributed by atoms with Gasteiger partial charge in [0.1, 0.15) is 0 Å². The molecule has 4 nitrogen and oxygen atoms in total. The number of rotatable bonds is 8. The van der Waals surface area contributed by atoms with Gasteiger partial charge in [-0.1, -0.05) is 46.3 Å². The van der Waals surface area contributed by atoms with Crippen LogP contribution < -0.4 is 4.90 Å². The topological polar surface area (TPSA) is 41.7 Å². The van der Waals surface area contributed by atoms with Crippen LogP contribution in [0, 0.1) is 18.3 Å². The maximum Gasteiger partial charge on any atom is 0.435 e. The molecule has 0 unspecified atom stereocenters. The number of carbonyl (C=O) groups excluding carboxylic acids is 2. The molecular weight excluding hydrogens is 709 g/mol. The van der Waals surface area contributed by atoms with Crippen molar-refractivity contribution in [2.45, 2.75) is 43.5 Å². The summed E-state index contributed by atoms with van der Waals surface area (Å²) in [5, 5.41) is 0. The van der Waals surface area contributed by atoms with Gasteiger partial charge < -0.3 is 4.90 Å². The summed E-state index contributed by atoms with van der Waals surface area (Å²) in [5.74, 6) is -3.44. The molecule has 1 amide bonds. The molecule has 0 saturated heterocycles. The molecule has 0 spiro atoms. The van der Waals surface area contributed by atoms with E-state index in [2.05, 4.69) is 20.8 Å². The minimum Gasteiger partial charge on any atom is -0.305 e. The van der Waals surface area contributed by atoms with Crippen molar-refractivity contribution in [1.29, 1.82) is 0 Å². The fourth-order valence-corrected chi connectivity index (χ4v) is 5.24. The second-order valence-electron chi connectivity index (χ2n) is 10.4. The molecule has 1 fully saturated rings. The molecule has 46 heavy (non-hydrogen) atoms. The van der Waals surface area contributed by atoms with Crippen LogP contribution in [0.5, 0.6) is 0 Å². The number of benzene rings is 3. The molecule has 0 aromatic heterocycles. The Labute approximate surface area is 261 Å². The van der Waals surface area contributed by atoms with Crippen LogP contribution in [0.15, 0.2) is 59.1 Å². The zero-order valence-corrected chi connectivity index (χ0v) is 24.4. The molecule has 0 heterocycles. The van der Waals surface area contributed by atoms with E-state index in [1.807, 2.05) is 0 Å². The SMILES string of the molecule is [C-]#[N+]c1ccc(C(=O)N(CC2CC2)c2cccc(C(=O)Cc3c(Br)cc(C(F)(C(F)(F)F)C(F)(F)F)cc3C(F)(F)F)c2F)cc1. The molecular formula is C30H18BrF11N2O2. The minimum atomic E-state index is -6.71. The highest BCUT2D eigenvalue weighted by Gasteiger charge is 2.73. The first-order valence-corrected chi connectivity index (χ1v) is 13.8. The molecule has 4 rings (SSSR count). The van der Waals surface area contributed by atoms with Gasteiger partial charge in [0.2, 0.25) is 0 Å². The number of nitrogens with zero attached hydrogens (tertiary/aromatic N) is 2. The highest BCUT2D eigenvalue weighted by molar-refractivity contribution is 9.10. The predicted octanol–water partition coefficient (Wildman–Crippen LogP) is 9.93. The lowest BCUT2D eigenvalue weighted by Gasteiger charge is -2.31. The molecule has 0 bridgehead atoms. The third kappa shape index (κ3) is 6.74. The van der Waals surface area contributed by atoms with Crippen LogP contribution in [0.4, 0.5) is 59.7 Å². The van der Waals surface area contributed by atoms with Crippen LogP contribution in [0.3, 0.4) is 0 Å². The van der Waals surface area contributed by atoms with Crippen molar-refractivity contribution < 1.29 is 57.9 Å². The second-order valence-corrected chi connectivity index (χ2v) is 11.2. The van der Waals surface area contributed by atoms with Gasteiger partial charge in [0, 0.05) is 28.6 Å². The van der Waals surface area contributed by atoms with E-state index in [1.54, 1.807) is 0 Å². The maximum absolute atomic E-state index is 15.9. The Bertz CT molecular complexity index is 1690. The Balaban J connectivity index is 1.76. The first-order valence-electron chi connectivity index (χ1n) is 13.0. The normalized spacial score (nSPS) is 14.2. The first kappa shape index (κ1) is 34.9. The summed E-state index contributed by atoms with van der Waals surface area (Å²) in [6.45, 7) is 7.04. The van der Waals surface area contributed by atoms with Crippen molar-refractivity contribution in [2.24, 2.45) is 5.92 Å². The van der Waals surface area contributed by atoms with Gasteiger partial charge in [0.05, 0.1) is 23.4 Å². The van der Waals surface area contributed by atoms with E-state index >= 15 is 4.39 Å². The van der Waals surface area contributed by atoms with E-state index in [4.69, 9.17) is 6.57 Å². The molecule has 1 aliphatic rings. The fourth-order valence-electron chi connectivity index (χ4n) is 4.64. The van der Waals surface area contributed by atoms with Crippen LogP contribution in [-0.4, -0.2) is 30.6 Å². The summed E-state index contributed by atoms with van der Waals surface area (Å²) < 4.78 is 151. The Morgan fingerprint density at radius 2 is 1.48 bits per heavy atom. The number of carbonyl (C=O) groups is 2. The van der Waals surface area contributed by atoms with E-state index in [1.165, 1.54) is 24.3 Å². The fraction of sp³-hybridized carbons (Fsp3) is 0.300. The largest absolute Gasteiger partial charge is 0.435 e. The molecule has 0 N–H and O–H groups in total. The summed E-state index contributed by atoms with van der Waals surface area (Å²) in [7, 11) is 0. The average Bonchev–Trinajstić information content (AvgIpc) is 3.79. The number of ketones is 1. The maximum atomic E-state index is 15.9. The summed E-state index contributed by atoms with van der Waals surface area (Å²) in [5.41, 5.74) is -13.0. The zero-order valence-electron chi connectivity index (χ0n) is 22.8. The summed E-state index contributed by atoms with van der Waals surface area (Å²) in [4.78, 5) is 30.8. The van der Waals surface area contributed by atoms with Gasteiger partial charge in [-0.3, -0.25) is 9.59 Å². The molecule has 16 heteroatoms. The Hall–Kier alpha value is -4.00. The lowest BCUT2D eigenvalue weighted by atomic mass is 9.89. The molecule has 3 aromatic carbocycles. The molecule has 1 saturated carbocycles. The van der Waals surface area contributed by atoms with Crippen molar-refractivity contribution >= 4 is 39.0 Å². The van der Waals surface area contributed by atoms with Gasteiger partial charge in [-0.2, -0.15) is 39.5 Å². The van der Waals surface area contributed by atoms with Crippen molar-refractivity contribution in [3.63, 3.8) is 0 Å². The lowest BCUT2D eigenvalue weighted by Crippen LogP contribution is -2.50. The van der Waals surface area contributed by atoms with Crippen LogP contribution >= 0.6 is 15.9 Å². The number of Topliss-reactive ketones (excluding diaryl/α,β-unsaturated/α-hetero) is 1. The number of hydrogen-bond donors (Lipinski definition) is 0. The third-order valence-electron chi connectivity index (χ3n) is 7.21. The molecule has 3 aromatic rings. The van der Waals surface area contributed by atoms with Crippen molar-refractivity contribution in [3.05, 3.63) is 104 Å². The Kier molecular flexibility index (Phi) is 9.33. The smallest absolute Gasteiger partial charge is 0.305 e. The van der Waals surface area contributed by atoms with Crippen molar-refractivity contribution in [2.75, 3.05) is 11.4 Å². The standard InChI is InChI=1S/C30H18BrF11N2O2/c1-43-18-9-7-16(8-10-18)26(46)44(14-15-5-6-15)23-4-2-3-19(25(23)32)24(45)13-20-21(28(34,35)36)11-17(12-22(20)31)27(33,29(37,38)39)30(40,41)42/h2-4,7-12,15H,5-6,13-14H2. The van der Waals surface area contributed by atoms with Crippen molar-refractivity contribution in [1.82, 2.24) is 0 Å². The van der Waals surface area contributed by atoms with E-state index in [0.29, 0.717) is 12.8 Å². The van der Waals surface area contributed by atoms with Gasteiger partial charge in [0.25, 0.3) is 5.91 Å². The van der Waals surface area contributed by atoms with Gasteiger partial charge >= 0.3 is 24.2 Å². The van der Waals surface area contributed by atoms with E-state index in [-0.39, 0.29) is 29.8 Å². The second kappa shape index (κ2) is 12.3. The van der Waals surface area contributed by atoms with E-state index < -0.39 is 86.6 Å². The quantitative estimate of drug-likeness (QED) is 0.132. The number of hydrogen-bond acceptors (Lipinski definition) is 2. The van der Waals surface area contributed by atoms with Gasteiger partial charge in [0.15, 0.2) is 17.3 Å². The third-order valence-corrected chi connectivity index (χ3v) is 7.92. The van der Waals surface area contributed by atoms with Crippen LogP contribution in [0.2, 0.25) is 0 Å². The molecule has 0 aliphatic heterocycles. The number of anilines is 1. The van der Waals surface area contributed by atoms with Gasteiger partial charge in [-0.05, 0) is 48.6 Å². The summed E-state index contributed by atoms with van der Waals surface area (Å²) >= 11 is 2.44. The highest BCUT2D eigenvalue weighted by atomic mass is 79.9. The van der Waals surface area contributed by atoms with Crippen LogP contribution in [0.25, 0.3) is 4.85 Å².